The number of methoxy groups -OCH3 is 2. The highest BCUT2D eigenvalue weighted by Crippen LogP contribution is 2.32. The van der Waals surface area contributed by atoms with Crippen LogP contribution in [0.4, 0.5) is 0 Å². The van der Waals surface area contributed by atoms with E-state index < -0.39 is 0 Å². The first-order chi connectivity index (χ1) is 13.9. The topological polar surface area (TPSA) is 54.9 Å². The lowest BCUT2D eigenvalue weighted by Gasteiger charge is -2.26. The second-order valence-electron chi connectivity index (χ2n) is 7.01. The summed E-state index contributed by atoms with van der Waals surface area (Å²) in [5.74, 6) is 1.35. The van der Waals surface area contributed by atoms with E-state index in [1.54, 1.807) is 37.5 Å². The summed E-state index contributed by atoms with van der Waals surface area (Å²) >= 11 is 1.67. The zero-order valence-electron chi connectivity index (χ0n) is 17.5. The molecular weight excluding hydrogens is 386 g/mol. The van der Waals surface area contributed by atoms with Gasteiger partial charge in [0, 0.05) is 19.2 Å². The Kier molecular flexibility index (Phi) is 6.71. The Labute approximate surface area is 175 Å². The molecule has 0 bridgehead atoms. The summed E-state index contributed by atoms with van der Waals surface area (Å²) < 4.78 is 12.0. The summed E-state index contributed by atoms with van der Waals surface area (Å²) in [5.41, 5.74) is 1.91. The van der Waals surface area contributed by atoms with Crippen LogP contribution in [0.2, 0.25) is 0 Å². The molecule has 1 aromatic heterocycles. The summed E-state index contributed by atoms with van der Waals surface area (Å²) in [6.07, 6.45) is 0. The highest BCUT2D eigenvalue weighted by atomic mass is 32.1. The number of carbonyl (C=O) groups excluding carboxylic acids is 1. The first-order valence-corrected chi connectivity index (χ1v) is 10.3. The van der Waals surface area contributed by atoms with Gasteiger partial charge in [0.15, 0.2) is 11.5 Å². The highest BCUT2D eigenvalue weighted by molar-refractivity contribution is 7.18. The fourth-order valence-corrected chi connectivity index (χ4v) is 4.23. The van der Waals surface area contributed by atoms with Crippen molar-refractivity contribution in [2.24, 2.45) is 0 Å². The van der Waals surface area contributed by atoms with Crippen LogP contribution < -0.4 is 9.47 Å². The number of thiazole rings is 1. The van der Waals surface area contributed by atoms with Crippen LogP contribution in [0.1, 0.15) is 23.5 Å². The first-order valence-electron chi connectivity index (χ1n) is 9.44. The lowest BCUT2D eigenvalue weighted by molar-refractivity contribution is -0.131. The molecule has 2 aromatic carbocycles. The molecule has 0 aliphatic carbocycles. The van der Waals surface area contributed by atoms with E-state index in [4.69, 9.17) is 14.5 Å². The molecule has 3 rings (SSSR count). The van der Waals surface area contributed by atoms with Crippen molar-refractivity contribution in [2.75, 3.05) is 34.9 Å². The molecule has 29 heavy (non-hydrogen) atoms. The maximum absolute atomic E-state index is 12.8. The van der Waals surface area contributed by atoms with Gasteiger partial charge in [-0.3, -0.25) is 9.69 Å². The number of nitrogens with zero attached hydrogens (tertiary/aromatic N) is 3. The van der Waals surface area contributed by atoms with Crippen molar-refractivity contribution >= 4 is 27.5 Å². The van der Waals surface area contributed by atoms with Crippen molar-refractivity contribution in [3.05, 3.63) is 53.0 Å². The second kappa shape index (κ2) is 9.24. The van der Waals surface area contributed by atoms with E-state index >= 15 is 0 Å². The predicted octanol–water partition coefficient (Wildman–Crippen LogP) is 3.96. The Morgan fingerprint density at radius 2 is 1.86 bits per heavy atom. The van der Waals surface area contributed by atoms with Crippen LogP contribution in [0.5, 0.6) is 11.5 Å². The van der Waals surface area contributed by atoms with Gasteiger partial charge in [-0.2, -0.15) is 0 Å². The first kappa shape index (κ1) is 21.1. The molecular formula is C22H27N3O3S. The number of benzene rings is 2. The lowest BCUT2D eigenvalue weighted by atomic mass is 10.1. The molecule has 0 N–H and O–H groups in total. The van der Waals surface area contributed by atoms with Gasteiger partial charge in [-0.1, -0.05) is 24.3 Å². The van der Waals surface area contributed by atoms with Gasteiger partial charge in [-0.15, -0.1) is 11.3 Å². The number of rotatable bonds is 8. The van der Waals surface area contributed by atoms with Crippen LogP contribution in [0.3, 0.4) is 0 Å². The van der Waals surface area contributed by atoms with Crippen molar-refractivity contribution < 1.29 is 14.3 Å². The third-order valence-corrected chi connectivity index (χ3v) is 6.24. The van der Waals surface area contributed by atoms with Crippen molar-refractivity contribution in [3.8, 4) is 11.5 Å². The summed E-state index contributed by atoms with van der Waals surface area (Å²) in [6, 6.07) is 13.8. The summed E-state index contributed by atoms with van der Waals surface area (Å²) in [5, 5.41) is 1.01. The van der Waals surface area contributed by atoms with Crippen LogP contribution in [0.25, 0.3) is 10.2 Å². The number of para-hydroxylation sites is 2. The third kappa shape index (κ3) is 4.68. The summed E-state index contributed by atoms with van der Waals surface area (Å²) in [6.45, 7) is 2.83. The molecule has 154 valence electrons. The number of fused-ring (bicyclic) bond motifs is 1. The van der Waals surface area contributed by atoms with Gasteiger partial charge >= 0.3 is 0 Å². The molecule has 0 fully saturated rings. The molecule has 1 amide bonds. The monoisotopic (exact) mass is 413 g/mol. The van der Waals surface area contributed by atoms with Gasteiger partial charge in [0.25, 0.3) is 0 Å². The maximum atomic E-state index is 12.8. The van der Waals surface area contributed by atoms with E-state index in [1.807, 2.05) is 48.3 Å². The van der Waals surface area contributed by atoms with Crippen LogP contribution in [0.15, 0.2) is 42.5 Å². The lowest BCUT2D eigenvalue weighted by Crippen LogP contribution is -2.37. The van der Waals surface area contributed by atoms with E-state index in [9.17, 15) is 4.79 Å². The number of aromatic nitrogens is 1. The Morgan fingerprint density at radius 3 is 2.55 bits per heavy atom. The zero-order valence-corrected chi connectivity index (χ0v) is 18.3. The Bertz CT molecular complexity index is 955. The van der Waals surface area contributed by atoms with E-state index in [0.29, 0.717) is 24.6 Å². The Morgan fingerprint density at radius 1 is 1.10 bits per heavy atom. The number of amides is 1. The molecule has 0 radical (unpaired) electrons. The van der Waals surface area contributed by atoms with Gasteiger partial charge in [-0.05, 0) is 32.2 Å². The molecule has 0 saturated carbocycles. The minimum atomic E-state index is 0.0327. The summed E-state index contributed by atoms with van der Waals surface area (Å²) in [4.78, 5) is 21.3. The molecule has 0 spiro atoms. The normalized spacial score (nSPS) is 12.2. The number of carbonyl (C=O) groups is 1. The van der Waals surface area contributed by atoms with Crippen LogP contribution >= 0.6 is 11.3 Å². The van der Waals surface area contributed by atoms with Crippen molar-refractivity contribution in [3.63, 3.8) is 0 Å². The zero-order chi connectivity index (χ0) is 21.0. The fourth-order valence-electron chi connectivity index (χ4n) is 3.15. The van der Waals surface area contributed by atoms with Gasteiger partial charge in [0.05, 0.1) is 37.0 Å². The van der Waals surface area contributed by atoms with Crippen molar-refractivity contribution in [1.29, 1.82) is 0 Å². The Balaban J connectivity index is 1.66. The van der Waals surface area contributed by atoms with Crippen molar-refractivity contribution in [2.45, 2.75) is 19.5 Å². The highest BCUT2D eigenvalue weighted by Gasteiger charge is 2.21. The van der Waals surface area contributed by atoms with E-state index in [2.05, 4.69) is 13.0 Å². The SMILES string of the molecule is COc1cccc(CN(C)C(=O)CN(C)[C@H](C)c2nc3ccccc3s2)c1OC. The maximum Gasteiger partial charge on any atom is 0.236 e. The predicted molar refractivity (Wildman–Crippen MR) is 117 cm³/mol. The molecule has 0 aliphatic heterocycles. The smallest absolute Gasteiger partial charge is 0.236 e. The number of likely N-dealkylation sites (N-methyl/N-ethyl adjacent to an activating group) is 2. The van der Waals surface area contributed by atoms with E-state index in [0.717, 1.165) is 20.8 Å². The molecule has 0 saturated heterocycles. The molecule has 1 heterocycles. The van der Waals surface area contributed by atoms with Crippen LogP contribution in [-0.4, -0.2) is 55.6 Å². The standard InChI is InChI=1S/C22H27N3O3S/c1-15(22-23-17-10-6-7-12-19(17)29-22)24(2)14-20(26)25(3)13-16-9-8-11-18(27-4)21(16)28-5/h6-12,15H,13-14H2,1-5H3/t15-/m1/s1. The Hall–Kier alpha value is -2.64. The van der Waals surface area contributed by atoms with E-state index in [-0.39, 0.29) is 11.9 Å². The van der Waals surface area contributed by atoms with Crippen LogP contribution in [-0.2, 0) is 11.3 Å². The molecule has 7 heteroatoms. The second-order valence-corrected chi connectivity index (χ2v) is 8.08. The van der Waals surface area contributed by atoms with E-state index in [1.165, 1.54) is 0 Å². The number of ether oxygens (including phenoxy) is 2. The van der Waals surface area contributed by atoms with Gasteiger partial charge in [0.2, 0.25) is 5.91 Å². The molecule has 3 aromatic rings. The van der Waals surface area contributed by atoms with Gasteiger partial charge in [0.1, 0.15) is 5.01 Å². The average molecular weight is 414 g/mol. The molecule has 0 unspecified atom stereocenters. The summed E-state index contributed by atoms with van der Waals surface area (Å²) in [7, 11) is 6.97. The van der Waals surface area contributed by atoms with Gasteiger partial charge < -0.3 is 14.4 Å². The number of hydrogen-bond donors (Lipinski definition) is 0. The third-order valence-electron chi connectivity index (χ3n) is 5.03. The molecule has 1 atom stereocenters. The molecule has 6 nitrogen and oxygen atoms in total. The minimum absolute atomic E-state index is 0.0327. The van der Waals surface area contributed by atoms with Crippen LogP contribution in [0, 0.1) is 0 Å². The van der Waals surface area contributed by atoms with Gasteiger partial charge in [-0.25, -0.2) is 4.98 Å². The average Bonchev–Trinajstić information content (AvgIpc) is 3.16. The molecule has 0 aliphatic rings. The van der Waals surface area contributed by atoms with Crippen molar-refractivity contribution in [1.82, 2.24) is 14.8 Å². The fraction of sp³-hybridized carbons (Fsp3) is 0.364. The largest absolute Gasteiger partial charge is 0.493 e. The minimum Gasteiger partial charge on any atom is -0.493 e. The quantitative estimate of drug-likeness (QED) is 0.559. The number of hydrogen-bond acceptors (Lipinski definition) is 6.